The van der Waals surface area contributed by atoms with Crippen molar-refractivity contribution >= 4 is 11.6 Å². The van der Waals surface area contributed by atoms with Gasteiger partial charge in [0.05, 0.1) is 12.2 Å². The lowest BCUT2D eigenvalue weighted by Gasteiger charge is -2.22. The molecule has 1 aliphatic rings. The first-order valence-corrected chi connectivity index (χ1v) is 6.82. The van der Waals surface area contributed by atoms with Crippen molar-refractivity contribution in [3.63, 3.8) is 0 Å². The molecular formula is C15H22N2O3. The zero-order chi connectivity index (χ0) is 14.8. The van der Waals surface area contributed by atoms with Crippen LogP contribution in [0.2, 0.25) is 0 Å². The highest BCUT2D eigenvalue weighted by Gasteiger charge is 2.44. The van der Waals surface area contributed by atoms with Crippen LogP contribution < -0.4 is 5.32 Å². The Kier molecular flexibility index (Phi) is 4.11. The van der Waals surface area contributed by atoms with E-state index >= 15 is 0 Å². The van der Waals surface area contributed by atoms with E-state index in [4.69, 9.17) is 4.74 Å². The highest BCUT2D eigenvalue weighted by atomic mass is 16.5. The number of rotatable bonds is 6. The van der Waals surface area contributed by atoms with Gasteiger partial charge in [0.15, 0.2) is 0 Å². The average molecular weight is 278 g/mol. The first kappa shape index (κ1) is 14.9. The Balaban J connectivity index is 2.05. The van der Waals surface area contributed by atoms with Crippen LogP contribution in [-0.2, 0) is 15.1 Å². The van der Waals surface area contributed by atoms with E-state index in [0.717, 1.165) is 12.8 Å². The second-order valence-corrected chi connectivity index (χ2v) is 6.14. The van der Waals surface area contributed by atoms with Crippen molar-refractivity contribution in [1.82, 2.24) is 4.98 Å². The summed E-state index contributed by atoms with van der Waals surface area (Å²) < 4.78 is 5.17. The minimum Gasteiger partial charge on any atom is -0.386 e. The number of methoxy groups -OCH3 is 1. The van der Waals surface area contributed by atoms with Crippen LogP contribution in [0, 0.1) is 5.41 Å². The molecule has 1 saturated carbocycles. The highest BCUT2D eigenvalue weighted by molar-refractivity contribution is 5.92. The standard InChI is InChI=1S/C15H22N2O3/c1-14(2,19)11-9-16-7-4-12(11)17-13(18)8-15(5-6-15)10-20-3/h4,7,9,19H,5-6,8,10H2,1-3H3,(H,16,17,18). The molecule has 1 aromatic rings. The van der Waals surface area contributed by atoms with E-state index in [9.17, 15) is 9.90 Å². The van der Waals surface area contributed by atoms with Crippen LogP contribution in [0.5, 0.6) is 0 Å². The lowest BCUT2D eigenvalue weighted by Crippen LogP contribution is -2.24. The lowest BCUT2D eigenvalue weighted by molar-refractivity contribution is -0.117. The van der Waals surface area contributed by atoms with Crippen molar-refractivity contribution in [2.45, 2.75) is 38.7 Å². The van der Waals surface area contributed by atoms with Gasteiger partial charge in [0, 0.05) is 42.6 Å². The van der Waals surface area contributed by atoms with Gasteiger partial charge in [-0.1, -0.05) is 0 Å². The zero-order valence-electron chi connectivity index (χ0n) is 12.3. The first-order chi connectivity index (χ1) is 9.36. The van der Waals surface area contributed by atoms with E-state index in [1.807, 2.05) is 0 Å². The SMILES string of the molecule is COCC1(CC(=O)Nc2ccncc2C(C)(C)O)CC1. The third-order valence-corrected chi connectivity index (χ3v) is 3.70. The molecule has 2 N–H and O–H groups in total. The molecule has 5 heteroatoms. The van der Waals surface area contributed by atoms with Gasteiger partial charge < -0.3 is 15.2 Å². The summed E-state index contributed by atoms with van der Waals surface area (Å²) in [7, 11) is 1.66. The molecule has 0 bridgehead atoms. The molecular weight excluding hydrogens is 256 g/mol. The van der Waals surface area contributed by atoms with Crippen LogP contribution in [0.25, 0.3) is 0 Å². The minimum absolute atomic E-state index is 0.0146. The van der Waals surface area contributed by atoms with Crippen LogP contribution in [-0.4, -0.2) is 29.7 Å². The highest BCUT2D eigenvalue weighted by Crippen LogP contribution is 2.49. The Hall–Kier alpha value is -1.46. The van der Waals surface area contributed by atoms with Crippen LogP contribution in [0.1, 0.15) is 38.7 Å². The molecule has 1 amide bonds. The van der Waals surface area contributed by atoms with E-state index in [-0.39, 0.29) is 11.3 Å². The van der Waals surface area contributed by atoms with Crippen LogP contribution in [0.3, 0.4) is 0 Å². The normalized spacial score (nSPS) is 16.8. The molecule has 0 atom stereocenters. The van der Waals surface area contributed by atoms with E-state index in [0.29, 0.717) is 24.3 Å². The second-order valence-electron chi connectivity index (χ2n) is 6.14. The maximum atomic E-state index is 12.2. The molecule has 5 nitrogen and oxygen atoms in total. The molecule has 2 rings (SSSR count). The zero-order valence-corrected chi connectivity index (χ0v) is 12.3. The molecule has 0 saturated heterocycles. The summed E-state index contributed by atoms with van der Waals surface area (Å²) in [5, 5.41) is 13.0. The first-order valence-electron chi connectivity index (χ1n) is 6.82. The Labute approximate surface area is 119 Å². The number of ether oxygens (including phenoxy) is 1. The Morgan fingerprint density at radius 1 is 1.55 bits per heavy atom. The summed E-state index contributed by atoms with van der Waals surface area (Å²) in [6.45, 7) is 3.97. The summed E-state index contributed by atoms with van der Waals surface area (Å²) in [6.07, 6.45) is 5.70. The molecule has 1 heterocycles. The van der Waals surface area contributed by atoms with Crippen LogP contribution >= 0.6 is 0 Å². The summed E-state index contributed by atoms with van der Waals surface area (Å²) in [5.74, 6) is -0.0451. The number of nitrogens with zero attached hydrogens (tertiary/aromatic N) is 1. The summed E-state index contributed by atoms with van der Waals surface area (Å²) in [4.78, 5) is 16.2. The average Bonchev–Trinajstić information content (AvgIpc) is 3.08. The number of amides is 1. The quantitative estimate of drug-likeness (QED) is 0.835. The largest absolute Gasteiger partial charge is 0.386 e. The number of hydrogen-bond acceptors (Lipinski definition) is 4. The molecule has 0 aromatic carbocycles. The smallest absolute Gasteiger partial charge is 0.225 e. The maximum absolute atomic E-state index is 12.2. The Morgan fingerprint density at radius 2 is 2.25 bits per heavy atom. The van der Waals surface area contributed by atoms with Gasteiger partial charge in [0.1, 0.15) is 0 Å². The third kappa shape index (κ3) is 3.55. The number of pyridine rings is 1. The molecule has 1 fully saturated rings. The lowest BCUT2D eigenvalue weighted by atomic mass is 9.98. The predicted octanol–water partition coefficient (Wildman–Crippen LogP) is 2.06. The van der Waals surface area contributed by atoms with Crippen molar-refractivity contribution in [1.29, 1.82) is 0 Å². The van der Waals surface area contributed by atoms with Crippen molar-refractivity contribution in [3.05, 3.63) is 24.0 Å². The minimum atomic E-state index is -1.04. The Bertz CT molecular complexity index is 490. The van der Waals surface area contributed by atoms with Gasteiger partial charge in [-0.05, 0) is 32.8 Å². The molecule has 110 valence electrons. The molecule has 1 aromatic heterocycles. The summed E-state index contributed by atoms with van der Waals surface area (Å²) in [6, 6.07) is 1.71. The number of carbonyl (C=O) groups excluding carboxylic acids is 1. The third-order valence-electron chi connectivity index (χ3n) is 3.70. The van der Waals surface area contributed by atoms with Crippen molar-refractivity contribution < 1.29 is 14.6 Å². The van der Waals surface area contributed by atoms with E-state index < -0.39 is 5.60 Å². The van der Waals surface area contributed by atoms with E-state index in [1.54, 1.807) is 39.4 Å². The summed E-state index contributed by atoms with van der Waals surface area (Å²) >= 11 is 0. The molecule has 20 heavy (non-hydrogen) atoms. The van der Waals surface area contributed by atoms with Gasteiger partial charge in [-0.3, -0.25) is 9.78 Å². The van der Waals surface area contributed by atoms with E-state index in [2.05, 4.69) is 10.3 Å². The number of carbonyl (C=O) groups is 1. The fourth-order valence-corrected chi connectivity index (χ4v) is 2.38. The fourth-order valence-electron chi connectivity index (χ4n) is 2.38. The van der Waals surface area contributed by atoms with Gasteiger partial charge >= 0.3 is 0 Å². The van der Waals surface area contributed by atoms with Gasteiger partial charge in [0.2, 0.25) is 5.91 Å². The fraction of sp³-hybridized carbons (Fsp3) is 0.600. The predicted molar refractivity (Wildman–Crippen MR) is 76.3 cm³/mol. The monoisotopic (exact) mass is 278 g/mol. The number of hydrogen-bond donors (Lipinski definition) is 2. The van der Waals surface area contributed by atoms with Crippen molar-refractivity contribution in [2.24, 2.45) is 5.41 Å². The van der Waals surface area contributed by atoms with Gasteiger partial charge in [0.25, 0.3) is 0 Å². The maximum Gasteiger partial charge on any atom is 0.225 e. The van der Waals surface area contributed by atoms with Gasteiger partial charge in [-0.25, -0.2) is 0 Å². The number of aromatic nitrogens is 1. The van der Waals surface area contributed by atoms with Gasteiger partial charge in [-0.2, -0.15) is 0 Å². The second kappa shape index (κ2) is 5.50. The molecule has 1 aliphatic carbocycles. The number of aliphatic hydroxyl groups is 1. The van der Waals surface area contributed by atoms with Gasteiger partial charge in [-0.15, -0.1) is 0 Å². The number of anilines is 1. The molecule has 0 aliphatic heterocycles. The van der Waals surface area contributed by atoms with Crippen molar-refractivity contribution in [2.75, 3.05) is 19.0 Å². The van der Waals surface area contributed by atoms with E-state index in [1.165, 1.54) is 0 Å². The molecule has 0 unspecified atom stereocenters. The van der Waals surface area contributed by atoms with Crippen LogP contribution in [0.4, 0.5) is 5.69 Å². The Morgan fingerprint density at radius 3 is 2.80 bits per heavy atom. The van der Waals surface area contributed by atoms with Crippen molar-refractivity contribution in [3.8, 4) is 0 Å². The summed E-state index contributed by atoms with van der Waals surface area (Å²) in [5.41, 5.74) is 0.206. The topological polar surface area (TPSA) is 71.5 Å². The van der Waals surface area contributed by atoms with Crippen LogP contribution in [0.15, 0.2) is 18.5 Å². The molecule has 0 spiro atoms. The number of nitrogens with one attached hydrogen (secondary N) is 1. The molecule has 0 radical (unpaired) electrons.